The van der Waals surface area contributed by atoms with Crippen LogP contribution in [0, 0.1) is 36.4 Å². The minimum atomic E-state index is -0.131. The van der Waals surface area contributed by atoms with Gasteiger partial charge in [-0.15, -0.1) is 0 Å². The van der Waals surface area contributed by atoms with Gasteiger partial charge in [0.2, 0.25) is 0 Å². The zero-order valence-corrected chi connectivity index (χ0v) is 11.5. The number of anilines is 1. The molecule has 1 aromatic carbocycles. The van der Waals surface area contributed by atoms with Crippen molar-refractivity contribution in [3.8, 4) is 0 Å². The zero-order valence-electron chi connectivity index (χ0n) is 11.5. The normalized spacial score (nSPS) is 39.6. The van der Waals surface area contributed by atoms with E-state index in [9.17, 15) is 4.39 Å². The maximum atomic E-state index is 13.2. The van der Waals surface area contributed by atoms with Gasteiger partial charge in [0.15, 0.2) is 0 Å². The fourth-order valence-corrected chi connectivity index (χ4v) is 5.13. The molecule has 0 heterocycles. The molecule has 1 nitrogen and oxygen atoms in total. The Labute approximate surface area is 114 Å². The molecule has 2 heteroatoms. The molecule has 1 aromatic rings. The Morgan fingerprint density at radius 3 is 2.21 bits per heavy atom. The third-order valence-electron chi connectivity index (χ3n) is 5.74. The first kappa shape index (κ1) is 11.7. The highest BCUT2D eigenvalue weighted by Gasteiger charge is 2.48. The minimum absolute atomic E-state index is 0.131. The highest BCUT2D eigenvalue weighted by molar-refractivity contribution is 5.51. The molecule has 0 aliphatic heterocycles. The Kier molecular flexibility index (Phi) is 2.61. The van der Waals surface area contributed by atoms with Crippen LogP contribution in [0.2, 0.25) is 0 Å². The molecule has 4 saturated carbocycles. The molecule has 0 amide bonds. The summed E-state index contributed by atoms with van der Waals surface area (Å²) in [5, 5.41) is 3.75. The van der Waals surface area contributed by atoms with E-state index >= 15 is 0 Å². The van der Waals surface area contributed by atoms with Gasteiger partial charge in [-0.25, -0.2) is 4.39 Å². The summed E-state index contributed by atoms with van der Waals surface area (Å²) in [5.41, 5.74) is 2.17. The molecule has 4 fully saturated rings. The maximum Gasteiger partial charge on any atom is 0.123 e. The molecule has 0 aromatic heterocycles. The molecular formula is C17H22FN. The van der Waals surface area contributed by atoms with E-state index in [1.165, 1.54) is 32.1 Å². The van der Waals surface area contributed by atoms with Crippen molar-refractivity contribution in [1.82, 2.24) is 0 Å². The molecule has 4 bridgehead atoms. The van der Waals surface area contributed by atoms with E-state index in [0.717, 1.165) is 34.9 Å². The first-order chi connectivity index (χ1) is 9.19. The third kappa shape index (κ3) is 1.96. The van der Waals surface area contributed by atoms with Gasteiger partial charge < -0.3 is 5.32 Å². The molecule has 0 radical (unpaired) electrons. The third-order valence-corrected chi connectivity index (χ3v) is 5.74. The van der Waals surface area contributed by atoms with E-state index in [1.54, 1.807) is 12.1 Å². The second kappa shape index (κ2) is 4.22. The van der Waals surface area contributed by atoms with Crippen molar-refractivity contribution in [2.75, 3.05) is 5.32 Å². The van der Waals surface area contributed by atoms with Gasteiger partial charge in [-0.05, 0) is 86.5 Å². The molecular weight excluding hydrogens is 237 g/mol. The Hall–Kier alpha value is -1.05. The highest BCUT2D eigenvalue weighted by atomic mass is 19.1. The molecule has 0 unspecified atom stereocenters. The lowest BCUT2D eigenvalue weighted by Gasteiger charge is -2.54. The van der Waals surface area contributed by atoms with Crippen LogP contribution >= 0.6 is 0 Å². The first-order valence-electron chi connectivity index (χ1n) is 7.71. The smallest absolute Gasteiger partial charge is 0.123 e. The van der Waals surface area contributed by atoms with Gasteiger partial charge in [-0.1, -0.05) is 0 Å². The first-order valence-corrected chi connectivity index (χ1v) is 7.71. The van der Waals surface area contributed by atoms with Gasteiger partial charge in [0.25, 0.3) is 0 Å². The molecule has 0 atom stereocenters. The Morgan fingerprint density at radius 1 is 1.00 bits per heavy atom. The lowest BCUT2D eigenvalue weighted by Crippen LogP contribution is -2.51. The molecule has 1 N–H and O–H groups in total. The monoisotopic (exact) mass is 259 g/mol. The largest absolute Gasteiger partial charge is 0.382 e. The van der Waals surface area contributed by atoms with Gasteiger partial charge in [-0.2, -0.15) is 0 Å². The molecule has 5 rings (SSSR count). The van der Waals surface area contributed by atoms with Crippen LogP contribution in [-0.2, 0) is 0 Å². The van der Waals surface area contributed by atoms with Crippen molar-refractivity contribution in [3.05, 3.63) is 29.6 Å². The quantitative estimate of drug-likeness (QED) is 0.831. The van der Waals surface area contributed by atoms with Crippen LogP contribution in [0.1, 0.15) is 37.7 Å². The summed E-state index contributed by atoms with van der Waals surface area (Å²) in [6.07, 6.45) is 7.18. The van der Waals surface area contributed by atoms with Crippen LogP contribution in [-0.4, -0.2) is 6.04 Å². The zero-order chi connectivity index (χ0) is 13.0. The highest BCUT2D eigenvalue weighted by Crippen LogP contribution is 2.54. The van der Waals surface area contributed by atoms with Crippen LogP contribution in [0.25, 0.3) is 0 Å². The summed E-state index contributed by atoms with van der Waals surface area (Å²) in [5.74, 6) is 3.61. The molecule has 102 valence electrons. The minimum Gasteiger partial charge on any atom is -0.382 e. The molecule has 4 aliphatic carbocycles. The van der Waals surface area contributed by atoms with Crippen molar-refractivity contribution < 1.29 is 4.39 Å². The van der Waals surface area contributed by atoms with Crippen molar-refractivity contribution >= 4 is 5.69 Å². The Bertz CT molecular complexity index is 468. The summed E-state index contributed by atoms with van der Waals surface area (Å²) in [7, 11) is 0. The van der Waals surface area contributed by atoms with Gasteiger partial charge in [-0.3, -0.25) is 0 Å². The SMILES string of the molecule is Cc1cc(F)ccc1NC1C2CC3CC(C2)CC1C3. The van der Waals surface area contributed by atoms with Crippen molar-refractivity contribution in [2.24, 2.45) is 23.7 Å². The Morgan fingerprint density at radius 2 is 1.63 bits per heavy atom. The van der Waals surface area contributed by atoms with E-state index in [2.05, 4.69) is 5.32 Å². The van der Waals surface area contributed by atoms with Crippen molar-refractivity contribution in [2.45, 2.75) is 45.1 Å². The van der Waals surface area contributed by atoms with Crippen molar-refractivity contribution in [1.29, 1.82) is 0 Å². The van der Waals surface area contributed by atoms with Crippen molar-refractivity contribution in [3.63, 3.8) is 0 Å². The van der Waals surface area contributed by atoms with Gasteiger partial charge in [0.1, 0.15) is 5.82 Å². The van der Waals surface area contributed by atoms with E-state index in [1.807, 2.05) is 13.0 Å². The fraction of sp³-hybridized carbons (Fsp3) is 0.647. The number of aryl methyl sites for hydroxylation is 1. The number of benzene rings is 1. The standard InChI is InChI=1S/C17H22FN/c1-10-4-15(18)2-3-16(10)19-17-13-6-11-5-12(8-13)9-14(17)7-11/h2-4,11-14,17,19H,5-9H2,1H3. The maximum absolute atomic E-state index is 13.2. The summed E-state index contributed by atoms with van der Waals surface area (Å²) in [4.78, 5) is 0. The Balaban J connectivity index is 1.56. The van der Waals surface area contributed by atoms with Crippen LogP contribution in [0.5, 0.6) is 0 Å². The lowest BCUT2D eigenvalue weighted by molar-refractivity contribution is 0.00752. The lowest BCUT2D eigenvalue weighted by atomic mass is 9.54. The summed E-state index contributed by atoms with van der Waals surface area (Å²) >= 11 is 0. The van der Waals surface area contributed by atoms with E-state index in [0.29, 0.717) is 6.04 Å². The fourth-order valence-electron chi connectivity index (χ4n) is 5.13. The second-order valence-corrected chi connectivity index (χ2v) is 7.06. The predicted molar refractivity (Wildman–Crippen MR) is 75.6 cm³/mol. The second-order valence-electron chi connectivity index (χ2n) is 7.06. The molecule has 4 aliphatic rings. The van der Waals surface area contributed by atoms with Crippen LogP contribution in [0.3, 0.4) is 0 Å². The van der Waals surface area contributed by atoms with E-state index in [-0.39, 0.29) is 5.82 Å². The summed E-state index contributed by atoms with van der Waals surface area (Å²) in [6, 6.07) is 5.76. The van der Waals surface area contributed by atoms with Crippen LogP contribution < -0.4 is 5.32 Å². The average molecular weight is 259 g/mol. The van der Waals surface area contributed by atoms with Gasteiger partial charge in [0.05, 0.1) is 0 Å². The average Bonchev–Trinajstić information content (AvgIpc) is 2.35. The van der Waals surface area contributed by atoms with Gasteiger partial charge >= 0.3 is 0 Å². The van der Waals surface area contributed by atoms with Crippen LogP contribution in [0.15, 0.2) is 18.2 Å². The topological polar surface area (TPSA) is 12.0 Å². The molecule has 19 heavy (non-hydrogen) atoms. The summed E-state index contributed by atoms with van der Waals surface area (Å²) < 4.78 is 13.2. The number of rotatable bonds is 2. The molecule has 0 spiro atoms. The van der Waals surface area contributed by atoms with Gasteiger partial charge in [0, 0.05) is 11.7 Å². The van der Waals surface area contributed by atoms with Crippen LogP contribution in [0.4, 0.5) is 10.1 Å². The number of halogens is 1. The number of hydrogen-bond acceptors (Lipinski definition) is 1. The summed E-state index contributed by atoms with van der Waals surface area (Å²) in [6.45, 7) is 2.00. The number of hydrogen-bond donors (Lipinski definition) is 1. The molecule has 0 saturated heterocycles. The van der Waals surface area contributed by atoms with E-state index in [4.69, 9.17) is 0 Å². The number of nitrogens with one attached hydrogen (secondary N) is 1. The predicted octanol–water partition coefficient (Wildman–Crippen LogP) is 4.37. The van der Waals surface area contributed by atoms with E-state index < -0.39 is 0 Å².